The first-order valence-electron chi connectivity index (χ1n) is 6.07. The second-order valence-electron chi connectivity index (χ2n) is 4.75. The third-order valence-electron chi connectivity index (χ3n) is 3.66. The van der Waals surface area contributed by atoms with Gasteiger partial charge in [-0.15, -0.1) is 0 Å². The highest BCUT2D eigenvalue weighted by Crippen LogP contribution is 2.27. The molecule has 2 N–H and O–H groups in total. The van der Waals surface area contributed by atoms with E-state index < -0.39 is 0 Å². The maximum atomic E-state index is 9.28. The van der Waals surface area contributed by atoms with Crippen molar-refractivity contribution in [2.75, 3.05) is 6.61 Å². The number of nitrogens with zero attached hydrogens (tertiary/aromatic N) is 2. The summed E-state index contributed by atoms with van der Waals surface area (Å²) in [5.74, 6) is 0.427. The lowest BCUT2D eigenvalue weighted by Crippen LogP contribution is -2.36. The van der Waals surface area contributed by atoms with Crippen molar-refractivity contribution in [2.24, 2.45) is 13.0 Å². The van der Waals surface area contributed by atoms with Gasteiger partial charge in [-0.2, -0.15) is 5.10 Å². The highest BCUT2D eigenvalue weighted by atomic mass is 16.3. The predicted molar refractivity (Wildman–Crippen MR) is 63.0 cm³/mol. The van der Waals surface area contributed by atoms with E-state index in [2.05, 4.69) is 17.3 Å². The third-order valence-corrected chi connectivity index (χ3v) is 3.66. The van der Waals surface area contributed by atoms with E-state index in [9.17, 15) is 5.11 Å². The largest absolute Gasteiger partial charge is 0.396 e. The van der Waals surface area contributed by atoms with Gasteiger partial charge < -0.3 is 10.4 Å². The summed E-state index contributed by atoms with van der Waals surface area (Å²) in [6, 6.07) is 2.79. The Balaban J connectivity index is 1.97. The summed E-state index contributed by atoms with van der Waals surface area (Å²) in [7, 11) is 1.96. The summed E-state index contributed by atoms with van der Waals surface area (Å²) in [6.45, 7) is 2.46. The Morgan fingerprint density at radius 1 is 1.62 bits per heavy atom. The van der Waals surface area contributed by atoms with Crippen LogP contribution in [-0.2, 0) is 7.05 Å². The molecule has 1 aromatic rings. The number of rotatable bonds is 4. The molecule has 16 heavy (non-hydrogen) atoms. The quantitative estimate of drug-likeness (QED) is 0.807. The average Bonchev–Trinajstić information content (AvgIpc) is 2.86. The zero-order valence-electron chi connectivity index (χ0n) is 10.1. The Kier molecular flexibility index (Phi) is 3.61. The fourth-order valence-electron chi connectivity index (χ4n) is 2.69. The Hall–Kier alpha value is -0.870. The molecule has 0 spiro atoms. The van der Waals surface area contributed by atoms with Crippen LogP contribution in [0.15, 0.2) is 12.3 Å². The molecule has 3 unspecified atom stereocenters. The molecule has 0 aromatic carbocycles. The van der Waals surface area contributed by atoms with E-state index in [1.165, 1.54) is 18.5 Å². The van der Waals surface area contributed by atoms with E-state index >= 15 is 0 Å². The van der Waals surface area contributed by atoms with Crippen molar-refractivity contribution in [1.29, 1.82) is 0 Å². The number of hydrogen-bond donors (Lipinski definition) is 2. The van der Waals surface area contributed by atoms with Crippen LogP contribution >= 0.6 is 0 Å². The predicted octanol–water partition coefficient (Wildman–Crippen LogP) is 1.23. The van der Waals surface area contributed by atoms with Gasteiger partial charge in [-0.3, -0.25) is 4.68 Å². The van der Waals surface area contributed by atoms with Crippen LogP contribution in [0, 0.1) is 5.92 Å². The SMILES string of the molecule is CC(NC1CCCC1CO)c1ccnn1C. The first kappa shape index (κ1) is 11.6. The van der Waals surface area contributed by atoms with Crippen molar-refractivity contribution >= 4 is 0 Å². The Morgan fingerprint density at radius 2 is 2.44 bits per heavy atom. The number of aliphatic hydroxyl groups is 1. The van der Waals surface area contributed by atoms with Crippen LogP contribution in [0.25, 0.3) is 0 Å². The standard InChI is InChI=1S/C12H21N3O/c1-9(12-6-7-13-15(12)2)14-11-5-3-4-10(11)8-16/h6-7,9-11,14,16H,3-5,8H2,1-2H3. The maximum absolute atomic E-state index is 9.28. The van der Waals surface area contributed by atoms with Crippen molar-refractivity contribution in [1.82, 2.24) is 15.1 Å². The van der Waals surface area contributed by atoms with Gasteiger partial charge in [-0.1, -0.05) is 6.42 Å². The van der Waals surface area contributed by atoms with E-state index in [1.54, 1.807) is 0 Å². The molecule has 1 heterocycles. The molecule has 2 rings (SSSR count). The lowest BCUT2D eigenvalue weighted by atomic mass is 10.0. The number of hydrogen-bond acceptors (Lipinski definition) is 3. The molecule has 0 saturated heterocycles. The first-order chi connectivity index (χ1) is 7.72. The minimum absolute atomic E-state index is 0.296. The Bertz CT molecular complexity index is 337. The van der Waals surface area contributed by atoms with Gasteiger partial charge in [0.1, 0.15) is 0 Å². The van der Waals surface area contributed by atoms with Crippen LogP contribution in [0.3, 0.4) is 0 Å². The van der Waals surface area contributed by atoms with Crippen molar-refractivity contribution in [2.45, 2.75) is 38.3 Å². The third kappa shape index (κ3) is 2.28. The molecule has 0 aliphatic heterocycles. The number of nitrogens with one attached hydrogen (secondary N) is 1. The van der Waals surface area contributed by atoms with E-state index in [1.807, 2.05) is 24.0 Å². The molecule has 1 fully saturated rings. The van der Waals surface area contributed by atoms with Gasteiger partial charge in [-0.25, -0.2) is 0 Å². The summed E-state index contributed by atoms with van der Waals surface area (Å²) in [5.41, 5.74) is 1.20. The van der Waals surface area contributed by atoms with Crippen molar-refractivity contribution in [3.63, 3.8) is 0 Å². The summed E-state index contributed by atoms with van der Waals surface area (Å²) < 4.78 is 1.90. The van der Waals surface area contributed by atoms with Crippen LogP contribution in [-0.4, -0.2) is 27.5 Å². The smallest absolute Gasteiger partial charge is 0.0547 e. The fraction of sp³-hybridized carbons (Fsp3) is 0.750. The molecular formula is C12H21N3O. The molecule has 0 radical (unpaired) electrons. The molecule has 0 amide bonds. The zero-order chi connectivity index (χ0) is 11.5. The van der Waals surface area contributed by atoms with Gasteiger partial charge in [0.25, 0.3) is 0 Å². The fourth-order valence-corrected chi connectivity index (χ4v) is 2.69. The number of aliphatic hydroxyl groups excluding tert-OH is 1. The normalized spacial score (nSPS) is 27.2. The molecule has 1 aromatic heterocycles. The van der Waals surface area contributed by atoms with Crippen LogP contribution in [0.5, 0.6) is 0 Å². The van der Waals surface area contributed by atoms with Crippen molar-refractivity contribution < 1.29 is 5.11 Å². The molecule has 1 saturated carbocycles. The zero-order valence-corrected chi connectivity index (χ0v) is 10.1. The lowest BCUT2D eigenvalue weighted by Gasteiger charge is -2.24. The minimum Gasteiger partial charge on any atom is -0.396 e. The highest BCUT2D eigenvalue weighted by molar-refractivity contribution is 5.06. The summed E-state index contributed by atoms with van der Waals surface area (Å²) in [5, 5.41) is 17.1. The molecule has 90 valence electrons. The Labute approximate surface area is 96.7 Å². The van der Waals surface area contributed by atoms with Gasteiger partial charge in [0.05, 0.1) is 5.69 Å². The monoisotopic (exact) mass is 223 g/mol. The topological polar surface area (TPSA) is 50.1 Å². The van der Waals surface area contributed by atoms with E-state index in [4.69, 9.17) is 0 Å². The van der Waals surface area contributed by atoms with Gasteiger partial charge in [0.2, 0.25) is 0 Å². The summed E-state index contributed by atoms with van der Waals surface area (Å²) in [4.78, 5) is 0. The van der Waals surface area contributed by atoms with Crippen molar-refractivity contribution in [3.8, 4) is 0 Å². The van der Waals surface area contributed by atoms with E-state index in [0.717, 1.165) is 6.42 Å². The van der Waals surface area contributed by atoms with Gasteiger partial charge in [0.15, 0.2) is 0 Å². The molecule has 1 aliphatic carbocycles. The minimum atomic E-state index is 0.296. The highest BCUT2D eigenvalue weighted by Gasteiger charge is 2.28. The van der Waals surface area contributed by atoms with E-state index in [0.29, 0.717) is 24.6 Å². The summed E-state index contributed by atoms with van der Waals surface area (Å²) >= 11 is 0. The van der Waals surface area contributed by atoms with E-state index in [-0.39, 0.29) is 0 Å². The Morgan fingerprint density at radius 3 is 3.06 bits per heavy atom. The molecule has 3 atom stereocenters. The van der Waals surface area contributed by atoms with Crippen LogP contribution in [0.4, 0.5) is 0 Å². The molecule has 1 aliphatic rings. The van der Waals surface area contributed by atoms with Crippen LogP contribution in [0.1, 0.15) is 37.9 Å². The molecular weight excluding hydrogens is 202 g/mol. The van der Waals surface area contributed by atoms with Crippen LogP contribution in [0.2, 0.25) is 0 Å². The average molecular weight is 223 g/mol. The van der Waals surface area contributed by atoms with Gasteiger partial charge in [0, 0.05) is 31.9 Å². The summed E-state index contributed by atoms with van der Waals surface area (Å²) in [6.07, 6.45) is 5.37. The molecule has 4 nitrogen and oxygen atoms in total. The number of aryl methyl sites for hydroxylation is 1. The molecule has 4 heteroatoms. The van der Waals surface area contributed by atoms with Crippen molar-refractivity contribution in [3.05, 3.63) is 18.0 Å². The van der Waals surface area contributed by atoms with Gasteiger partial charge >= 0.3 is 0 Å². The van der Waals surface area contributed by atoms with Gasteiger partial charge in [-0.05, 0) is 31.7 Å². The second-order valence-corrected chi connectivity index (χ2v) is 4.75. The maximum Gasteiger partial charge on any atom is 0.0547 e. The lowest BCUT2D eigenvalue weighted by molar-refractivity contribution is 0.200. The number of aromatic nitrogens is 2. The first-order valence-corrected chi connectivity index (χ1v) is 6.07. The second kappa shape index (κ2) is 4.97. The molecule has 0 bridgehead atoms. The van der Waals surface area contributed by atoms with Crippen LogP contribution < -0.4 is 5.32 Å².